The zero-order valence-corrected chi connectivity index (χ0v) is 6.16. The van der Waals surface area contributed by atoms with E-state index in [4.69, 9.17) is 5.11 Å². The minimum Gasteiger partial charge on any atom is -0.421 e. The van der Waals surface area contributed by atoms with Gasteiger partial charge < -0.3 is 14.6 Å². The molecule has 11 heavy (non-hydrogen) atoms. The molecule has 5 heteroatoms. The number of rotatable bonds is 0. The van der Waals surface area contributed by atoms with Crippen LogP contribution in [0, 0.1) is 0 Å². The standard InChI is InChI=1S/C6H8O5/c1-6(2)10-4(8)3(7)5(9)11-6/h3,7H,1-2H3. The molecule has 1 rings (SSSR count). The van der Waals surface area contributed by atoms with Crippen molar-refractivity contribution in [3.8, 4) is 0 Å². The van der Waals surface area contributed by atoms with Crippen LogP contribution in [0.4, 0.5) is 0 Å². The molecule has 1 fully saturated rings. The molecule has 0 saturated carbocycles. The molecule has 1 N–H and O–H groups in total. The van der Waals surface area contributed by atoms with Gasteiger partial charge in [0.15, 0.2) is 0 Å². The summed E-state index contributed by atoms with van der Waals surface area (Å²) in [6.45, 7) is 2.82. The molecule has 0 bridgehead atoms. The Morgan fingerprint density at radius 3 is 2.00 bits per heavy atom. The van der Waals surface area contributed by atoms with Crippen LogP contribution in [0.25, 0.3) is 0 Å². The largest absolute Gasteiger partial charge is 0.421 e. The molecule has 62 valence electrons. The predicted molar refractivity (Wildman–Crippen MR) is 32.3 cm³/mol. The van der Waals surface area contributed by atoms with Crippen LogP contribution in [0.1, 0.15) is 13.8 Å². The maximum atomic E-state index is 10.6. The van der Waals surface area contributed by atoms with Gasteiger partial charge in [-0.3, -0.25) is 0 Å². The Bertz CT molecular complexity index is 187. The molecule has 0 aliphatic carbocycles. The van der Waals surface area contributed by atoms with E-state index in [0.717, 1.165) is 0 Å². The number of carbonyl (C=O) groups excluding carboxylic acids is 2. The molecule has 1 aliphatic rings. The molecule has 0 aromatic rings. The zero-order chi connectivity index (χ0) is 8.65. The molecule has 0 radical (unpaired) electrons. The van der Waals surface area contributed by atoms with Crippen LogP contribution in [0.2, 0.25) is 0 Å². The Kier molecular flexibility index (Phi) is 1.60. The Morgan fingerprint density at radius 1 is 1.27 bits per heavy atom. The van der Waals surface area contributed by atoms with E-state index in [0.29, 0.717) is 0 Å². The van der Waals surface area contributed by atoms with Crippen LogP contribution in [-0.2, 0) is 19.1 Å². The van der Waals surface area contributed by atoms with Crippen LogP contribution in [-0.4, -0.2) is 28.9 Å². The minimum absolute atomic E-state index is 0.966. The van der Waals surface area contributed by atoms with E-state index < -0.39 is 23.8 Å². The third-order valence-electron chi connectivity index (χ3n) is 1.14. The topological polar surface area (TPSA) is 72.8 Å². The second-order valence-electron chi connectivity index (χ2n) is 2.64. The average Bonchev–Trinajstić information content (AvgIpc) is 1.81. The van der Waals surface area contributed by atoms with Gasteiger partial charge in [0, 0.05) is 13.8 Å². The number of carbonyl (C=O) groups is 2. The highest BCUT2D eigenvalue weighted by molar-refractivity contribution is 5.99. The minimum atomic E-state index is -1.79. The summed E-state index contributed by atoms with van der Waals surface area (Å²) in [7, 11) is 0. The number of esters is 2. The molecular formula is C6H8O5. The summed E-state index contributed by atoms with van der Waals surface area (Å²) in [5.41, 5.74) is 0. The normalized spacial score (nSPS) is 24.3. The summed E-state index contributed by atoms with van der Waals surface area (Å²) in [5, 5.41) is 8.73. The highest BCUT2D eigenvalue weighted by Gasteiger charge is 2.41. The van der Waals surface area contributed by atoms with E-state index in [1.807, 2.05) is 0 Å². The molecule has 5 nitrogen and oxygen atoms in total. The average molecular weight is 160 g/mol. The first-order valence-corrected chi connectivity index (χ1v) is 3.06. The Hall–Kier alpha value is -1.10. The fourth-order valence-corrected chi connectivity index (χ4v) is 0.713. The van der Waals surface area contributed by atoms with Crippen LogP contribution in [0.15, 0.2) is 0 Å². The summed E-state index contributed by atoms with van der Waals surface area (Å²) in [6, 6.07) is 0. The van der Waals surface area contributed by atoms with Crippen molar-refractivity contribution in [1.29, 1.82) is 0 Å². The van der Waals surface area contributed by atoms with Gasteiger partial charge in [0.05, 0.1) is 0 Å². The zero-order valence-electron chi connectivity index (χ0n) is 6.16. The van der Waals surface area contributed by atoms with E-state index in [2.05, 4.69) is 9.47 Å². The molecule has 1 aliphatic heterocycles. The van der Waals surface area contributed by atoms with E-state index >= 15 is 0 Å². The van der Waals surface area contributed by atoms with Crippen molar-refractivity contribution in [1.82, 2.24) is 0 Å². The van der Waals surface area contributed by atoms with Gasteiger partial charge in [-0.1, -0.05) is 0 Å². The molecule has 1 saturated heterocycles. The van der Waals surface area contributed by atoms with Gasteiger partial charge in [-0.05, 0) is 0 Å². The monoisotopic (exact) mass is 160 g/mol. The van der Waals surface area contributed by atoms with Crippen molar-refractivity contribution in [3.63, 3.8) is 0 Å². The van der Waals surface area contributed by atoms with Gasteiger partial charge in [0.1, 0.15) is 0 Å². The van der Waals surface area contributed by atoms with Crippen LogP contribution in [0.5, 0.6) is 0 Å². The van der Waals surface area contributed by atoms with Crippen LogP contribution >= 0.6 is 0 Å². The van der Waals surface area contributed by atoms with Crippen molar-refractivity contribution >= 4 is 11.9 Å². The Morgan fingerprint density at radius 2 is 1.64 bits per heavy atom. The number of hydrogen-bond acceptors (Lipinski definition) is 5. The third-order valence-corrected chi connectivity index (χ3v) is 1.14. The quantitative estimate of drug-likeness (QED) is 0.370. The van der Waals surface area contributed by atoms with Crippen LogP contribution in [0.3, 0.4) is 0 Å². The molecule has 0 aromatic carbocycles. The van der Waals surface area contributed by atoms with Crippen LogP contribution < -0.4 is 0 Å². The molecule has 0 atom stereocenters. The fourth-order valence-electron chi connectivity index (χ4n) is 0.713. The summed E-state index contributed by atoms with van der Waals surface area (Å²) in [6.07, 6.45) is -1.79. The van der Waals surface area contributed by atoms with Crippen molar-refractivity contribution in [2.45, 2.75) is 25.7 Å². The highest BCUT2D eigenvalue weighted by atomic mass is 16.8. The maximum Gasteiger partial charge on any atom is 0.350 e. The lowest BCUT2D eigenvalue weighted by atomic mass is 10.3. The lowest BCUT2D eigenvalue weighted by Crippen LogP contribution is -2.49. The molecule has 1 heterocycles. The first-order chi connectivity index (χ1) is 4.92. The van der Waals surface area contributed by atoms with Gasteiger partial charge in [-0.2, -0.15) is 0 Å². The molecular weight excluding hydrogens is 152 g/mol. The highest BCUT2D eigenvalue weighted by Crippen LogP contribution is 2.18. The van der Waals surface area contributed by atoms with E-state index in [1.54, 1.807) is 0 Å². The second-order valence-corrected chi connectivity index (χ2v) is 2.64. The number of aliphatic hydroxyl groups is 1. The van der Waals surface area contributed by atoms with E-state index in [9.17, 15) is 9.59 Å². The number of ether oxygens (including phenoxy) is 2. The molecule has 0 spiro atoms. The first-order valence-electron chi connectivity index (χ1n) is 3.06. The fraction of sp³-hybridized carbons (Fsp3) is 0.667. The van der Waals surface area contributed by atoms with Crippen molar-refractivity contribution in [2.75, 3.05) is 0 Å². The van der Waals surface area contributed by atoms with Gasteiger partial charge in [0.25, 0.3) is 5.79 Å². The second kappa shape index (κ2) is 2.20. The number of aliphatic hydroxyl groups excluding tert-OH is 1. The third kappa shape index (κ3) is 1.48. The molecule has 0 aromatic heterocycles. The number of hydrogen-bond donors (Lipinski definition) is 1. The van der Waals surface area contributed by atoms with E-state index in [1.165, 1.54) is 13.8 Å². The summed E-state index contributed by atoms with van der Waals surface area (Å²) < 4.78 is 9.05. The summed E-state index contributed by atoms with van der Waals surface area (Å²) in [4.78, 5) is 21.3. The van der Waals surface area contributed by atoms with Gasteiger partial charge in [0.2, 0.25) is 6.10 Å². The van der Waals surface area contributed by atoms with Crippen molar-refractivity contribution < 1.29 is 24.2 Å². The maximum absolute atomic E-state index is 10.6. The summed E-state index contributed by atoms with van der Waals surface area (Å²) in [5.74, 6) is -3.19. The Labute approximate surface area is 62.9 Å². The SMILES string of the molecule is CC1(C)OC(=O)C(O)C(=O)O1. The van der Waals surface area contributed by atoms with Crippen molar-refractivity contribution in [3.05, 3.63) is 0 Å². The van der Waals surface area contributed by atoms with E-state index in [-0.39, 0.29) is 0 Å². The lowest BCUT2D eigenvalue weighted by molar-refractivity contribution is -0.245. The van der Waals surface area contributed by atoms with Crippen molar-refractivity contribution in [2.24, 2.45) is 0 Å². The van der Waals surface area contributed by atoms with Gasteiger partial charge in [-0.15, -0.1) is 0 Å². The molecule has 0 unspecified atom stereocenters. The molecule has 0 amide bonds. The summed E-state index contributed by atoms with van der Waals surface area (Å²) >= 11 is 0. The number of cyclic esters (lactones) is 2. The first kappa shape index (κ1) is 8.00. The Balaban J connectivity index is 2.78. The lowest BCUT2D eigenvalue weighted by Gasteiger charge is -2.30. The van der Waals surface area contributed by atoms with Gasteiger partial charge in [-0.25, -0.2) is 9.59 Å². The smallest absolute Gasteiger partial charge is 0.350 e. The van der Waals surface area contributed by atoms with Gasteiger partial charge >= 0.3 is 11.9 Å². The predicted octanol–water partition coefficient (Wildman–Crippen LogP) is -0.817.